The maximum absolute atomic E-state index is 12.7. The first-order chi connectivity index (χ1) is 14.3. The molecule has 30 heavy (non-hydrogen) atoms. The molecule has 3 rings (SSSR count). The molecule has 1 heterocycles. The molecule has 0 spiro atoms. The number of H-pyrrole nitrogens is 1. The number of nitrogens with one attached hydrogen (secondary N) is 2. The lowest BCUT2D eigenvalue weighted by molar-refractivity contribution is -0.393. The van der Waals surface area contributed by atoms with Gasteiger partial charge in [-0.2, -0.15) is 5.10 Å². The minimum Gasteiger partial charge on any atom is -0.497 e. The Bertz CT molecular complexity index is 1190. The van der Waals surface area contributed by atoms with Gasteiger partial charge in [-0.05, 0) is 37.3 Å². The van der Waals surface area contributed by atoms with Crippen LogP contribution >= 0.6 is 0 Å². The van der Waals surface area contributed by atoms with Gasteiger partial charge >= 0.3 is 5.69 Å². The predicted molar refractivity (Wildman–Crippen MR) is 109 cm³/mol. The van der Waals surface area contributed by atoms with Crippen molar-refractivity contribution >= 4 is 23.3 Å². The summed E-state index contributed by atoms with van der Waals surface area (Å²) in [7, 11) is 1.54. The van der Waals surface area contributed by atoms with Crippen LogP contribution in [0.4, 0.5) is 17.1 Å². The first-order valence-electron chi connectivity index (χ1n) is 8.49. The van der Waals surface area contributed by atoms with Crippen LogP contribution in [0, 0.1) is 27.2 Å². The van der Waals surface area contributed by atoms with E-state index in [0.29, 0.717) is 17.1 Å². The highest BCUT2D eigenvalue weighted by molar-refractivity contribution is 5.81. The molecule has 0 bridgehead atoms. The molecule has 2 N–H and O–H groups in total. The topological polar surface area (TPSA) is 158 Å². The number of aromatic amines is 1. The third-order valence-electron chi connectivity index (χ3n) is 4.22. The Morgan fingerprint density at radius 3 is 2.43 bits per heavy atom. The molecule has 1 aromatic heterocycles. The standard InChI is InChI=1S/C18H16N6O6/c1-11-15(18(25)22(21-11)12-3-6-14(30-2)7-4-12)10-19-20-16-8-5-13(23(26)27)9-17(16)24(28)29/h3-10,20-21H,1-2H3/b19-10+. The van der Waals surface area contributed by atoms with E-state index < -0.39 is 21.2 Å². The molecule has 12 nitrogen and oxygen atoms in total. The number of aromatic nitrogens is 2. The number of nitro benzene ring substituents is 2. The third kappa shape index (κ3) is 4.01. The lowest BCUT2D eigenvalue weighted by Gasteiger charge is -2.03. The summed E-state index contributed by atoms with van der Waals surface area (Å²) in [6, 6.07) is 9.94. The average Bonchev–Trinajstić information content (AvgIpc) is 3.02. The molecule has 154 valence electrons. The quantitative estimate of drug-likeness (QED) is 0.343. The molecule has 0 aliphatic rings. The first-order valence-corrected chi connectivity index (χ1v) is 8.49. The number of benzene rings is 2. The second kappa shape index (κ2) is 8.26. The molecule has 0 fully saturated rings. The lowest BCUT2D eigenvalue weighted by Crippen LogP contribution is -2.17. The number of aryl methyl sites for hydroxylation is 1. The van der Waals surface area contributed by atoms with Crippen molar-refractivity contribution in [2.24, 2.45) is 5.10 Å². The Balaban J connectivity index is 1.87. The second-order valence-electron chi connectivity index (χ2n) is 6.07. The van der Waals surface area contributed by atoms with Crippen molar-refractivity contribution in [3.8, 4) is 11.4 Å². The predicted octanol–water partition coefficient (Wildman–Crippen LogP) is 2.75. The number of nitrogens with zero attached hydrogens (tertiary/aromatic N) is 4. The van der Waals surface area contributed by atoms with Crippen molar-refractivity contribution in [3.05, 3.63) is 84.3 Å². The maximum atomic E-state index is 12.7. The van der Waals surface area contributed by atoms with Gasteiger partial charge in [-0.3, -0.25) is 35.5 Å². The molecule has 0 atom stereocenters. The Kier molecular flexibility index (Phi) is 5.58. The number of hydrogen-bond acceptors (Lipinski definition) is 8. The number of non-ortho nitro benzene ring substituents is 1. The third-order valence-corrected chi connectivity index (χ3v) is 4.22. The molecule has 12 heteroatoms. The zero-order chi connectivity index (χ0) is 21.8. The summed E-state index contributed by atoms with van der Waals surface area (Å²) in [5.74, 6) is 0.644. The normalized spacial score (nSPS) is 10.9. The Labute approximate surface area is 168 Å². The minimum atomic E-state index is -0.761. The van der Waals surface area contributed by atoms with E-state index >= 15 is 0 Å². The summed E-state index contributed by atoms with van der Waals surface area (Å²) in [4.78, 5) is 33.2. The molecule has 0 saturated heterocycles. The van der Waals surface area contributed by atoms with Crippen LogP contribution in [0.1, 0.15) is 11.3 Å². The largest absolute Gasteiger partial charge is 0.497 e. The molecule has 0 unspecified atom stereocenters. The van der Waals surface area contributed by atoms with Crippen molar-refractivity contribution in [1.29, 1.82) is 0 Å². The van der Waals surface area contributed by atoms with Crippen LogP contribution in [-0.2, 0) is 0 Å². The highest BCUT2D eigenvalue weighted by Gasteiger charge is 2.19. The number of rotatable bonds is 7. The molecule has 0 amide bonds. The average molecular weight is 412 g/mol. The number of hydrazone groups is 1. The highest BCUT2D eigenvalue weighted by atomic mass is 16.6. The van der Waals surface area contributed by atoms with Gasteiger partial charge in [0, 0.05) is 11.8 Å². The van der Waals surface area contributed by atoms with E-state index in [1.54, 1.807) is 31.2 Å². The van der Waals surface area contributed by atoms with Crippen molar-refractivity contribution in [2.75, 3.05) is 12.5 Å². The summed E-state index contributed by atoms with van der Waals surface area (Å²) in [5, 5.41) is 28.8. The number of methoxy groups -OCH3 is 1. The minimum absolute atomic E-state index is 0.0504. The molecular weight excluding hydrogens is 396 g/mol. The number of hydrogen-bond donors (Lipinski definition) is 2. The van der Waals surface area contributed by atoms with Crippen LogP contribution in [0.2, 0.25) is 0 Å². The van der Waals surface area contributed by atoms with E-state index in [0.717, 1.165) is 12.1 Å². The lowest BCUT2D eigenvalue weighted by atomic mass is 10.2. The number of nitro groups is 2. The zero-order valence-corrected chi connectivity index (χ0v) is 15.9. The summed E-state index contributed by atoms with van der Waals surface area (Å²) in [6.45, 7) is 1.68. The van der Waals surface area contributed by atoms with Crippen molar-refractivity contribution in [3.63, 3.8) is 0 Å². The van der Waals surface area contributed by atoms with Gasteiger partial charge < -0.3 is 4.74 Å². The summed E-state index contributed by atoms with van der Waals surface area (Å²) in [6.07, 6.45) is 1.22. The molecule has 2 aromatic carbocycles. The summed E-state index contributed by atoms with van der Waals surface area (Å²) < 4.78 is 6.42. The first kappa shape index (κ1) is 20.3. The molecular formula is C18H16N6O6. The van der Waals surface area contributed by atoms with Gasteiger partial charge in [-0.25, -0.2) is 4.68 Å². The van der Waals surface area contributed by atoms with Crippen LogP contribution in [-0.4, -0.2) is 33.0 Å². The van der Waals surface area contributed by atoms with Crippen LogP contribution in [0.15, 0.2) is 52.4 Å². The van der Waals surface area contributed by atoms with Gasteiger partial charge in [0.05, 0.1) is 40.5 Å². The van der Waals surface area contributed by atoms with E-state index in [1.165, 1.54) is 24.1 Å². The van der Waals surface area contributed by atoms with Crippen LogP contribution in [0.5, 0.6) is 5.75 Å². The Morgan fingerprint density at radius 2 is 1.83 bits per heavy atom. The monoisotopic (exact) mass is 412 g/mol. The van der Waals surface area contributed by atoms with Crippen LogP contribution in [0.25, 0.3) is 5.69 Å². The molecule has 0 radical (unpaired) electrons. The zero-order valence-electron chi connectivity index (χ0n) is 15.9. The molecule has 0 saturated carbocycles. The van der Waals surface area contributed by atoms with E-state index in [2.05, 4.69) is 15.6 Å². The van der Waals surface area contributed by atoms with E-state index in [1.807, 2.05) is 0 Å². The Morgan fingerprint density at radius 1 is 1.13 bits per heavy atom. The fraction of sp³-hybridized carbons (Fsp3) is 0.111. The van der Waals surface area contributed by atoms with Gasteiger partial charge in [-0.15, -0.1) is 0 Å². The number of anilines is 1. The van der Waals surface area contributed by atoms with Crippen molar-refractivity contribution in [1.82, 2.24) is 9.78 Å². The number of ether oxygens (including phenoxy) is 1. The van der Waals surface area contributed by atoms with Crippen molar-refractivity contribution in [2.45, 2.75) is 6.92 Å². The maximum Gasteiger partial charge on any atom is 0.301 e. The second-order valence-corrected chi connectivity index (χ2v) is 6.07. The molecule has 0 aliphatic carbocycles. The van der Waals surface area contributed by atoms with E-state index in [4.69, 9.17) is 4.74 Å². The summed E-state index contributed by atoms with van der Waals surface area (Å²) >= 11 is 0. The fourth-order valence-corrected chi connectivity index (χ4v) is 2.67. The Hall–Kier alpha value is -4.48. The van der Waals surface area contributed by atoms with Gasteiger partial charge in [0.25, 0.3) is 11.2 Å². The van der Waals surface area contributed by atoms with Crippen LogP contribution < -0.4 is 15.7 Å². The van der Waals surface area contributed by atoms with Gasteiger partial charge in [0.2, 0.25) is 0 Å². The van der Waals surface area contributed by atoms with E-state index in [-0.39, 0.29) is 16.8 Å². The smallest absolute Gasteiger partial charge is 0.301 e. The van der Waals surface area contributed by atoms with Gasteiger partial charge in [0.1, 0.15) is 11.4 Å². The summed E-state index contributed by atoms with van der Waals surface area (Å²) in [5.41, 5.74) is 2.45. The molecule has 3 aromatic rings. The highest BCUT2D eigenvalue weighted by Crippen LogP contribution is 2.28. The SMILES string of the molecule is COc1ccc(-n2[nH]c(C)c(/C=N/Nc3ccc([N+](=O)[O-])cc3[N+](=O)[O-])c2=O)cc1. The van der Waals surface area contributed by atoms with Crippen LogP contribution in [0.3, 0.4) is 0 Å². The van der Waals surface area contributed by atoms with Crippen molar-refractivity contribution < 1.29 is 14.6 Å². The van der Waals surface area contributed by atoms with E-state index in [9.17, 15) is 25.0 Å². The van der Waals surface area contributed by atoms with Gasteiger partial charge in [-0.1, -0.05) is 0 Å². The molecule has 0 aliphatic heterocycles. The fourth-order valence-electron chi connectivity index (χ4n) is 2.67. The van der Waals surface area contributed by atoms with Gasteiger partial charge in [0.15, 0.2) is 0 Å².